The van der Waals surface area contributed by atoms with Crippen molar-refractivity contribution in [2.24, 2.45) is 11.7 Å². The molecule has 0 saturated carbocycles. The first kappa shape index (κ1) is 11.1. The fourth-order valence-corrected chi connectivity index (χ4v) is 1.73. The first-order valence-electron chi connectivity index (χ1n) is 5.76. The molecule has 86 valence electrons. The smallest absolute Gasteiger partial charge is 0.195 e. The van der Waals surface area contributed by atoms with E-state index in [1.165, 1.54) is 5.56 Å². The Labute approximate surface area is 95.7 Å². The number of para-hydroxylation sites is 1. The van der Waals surface area contributed by atoms with E-state index in [2.05, 4.69) is 24.9 Å². The monoisotopic (exact) mass is 218 g/mol. The molecule has 0 aliphatic carbocycles. The average molecular weight is 218 g/mol. The van der Waals surface area contributed by atoms with E-state index in [0.717, 1.165) is 36.4 Å². The summed E-state index contributed by atoms with van der Waals surface area (Å²) in [5.74, 6) is 1.35. The Morgan fingerprint density at radius 2 is 2.25 bits per heavy atom. The van der Waals surface area contributed by atoms with Crippen LogP contribution in [0.5, 0.6) is 0 Å². The lowest BCUT2D eigenvalue weighted by molar-refractivity contribution is 0.471. The van der Waals surface area contributed by atoms with E-state index in [1.807, 2.05) is 12.1 Å². The van der Waals surface area contributed by atoms with Crippen LogP contribution in [0.4, 0.5) is 0 Å². The van der Waals surface area contributed by atoms with E-state index >= 15 is 0 Å². The molecule has 0 aliphatic rings. The Hall–Kier alpha value is -1.35. The number of hydrogen-bond donors (Lipinski definition) is 1. The summed E-state index contributed by atoms with van der Waals surface area (Å²) in [5, 5.41) is 0. The zero-order chi connectivity index (χ0) is 11.5. The molecule has 2 aromatic rings. The largest absolute Gasteiger partial charge is 0.441 e. The highest BCUT2D eigenvalue weighted by atomic mass is 16.3. The number of fused-ring (bicyclic) bond motifs is 1. The average Bonchev–Trinajstić information content (AvgIpc) is 2.70. The number of benzene rings is 1. The van der Waals surface area contributed by atoms with Crippen molar-refractivity contribution in [1.82, 2.24) is 4.98 Å². The van der Waals surface area contributed by atoms with Gasteiger partial charge in [-0.05, 0) is 37.4 Å². The van der Waals surface area contributed by atoms with Crippen LogP contribution in [-0.4, -0.2) is 11.5 Å². The molecule has 0 saturated heterocycles. The molecule has 0 amide bonds. The van der Waals surface area contributed by atoms with Gasteiger partial charge in [0.25, 0.3) is 0 Å². The second kappa shape index (κ2) is 4.66. The Kier molecular flexibility index (Phi) is 3.25. The zero-order valence-electron chi connectivity index (χ0n) is 9.86. The van der Waals surface area contributed by atoms with Crippen LogP contribution in [-0.2, 0) is 6.42 Å². The third-order valence-electron chi connectivity index (χ3n) is 2.92. The van der Waals surface area contributed by atoms with E-state index in [4.69, 9.17) is 10.2 Å². The summed E-state index contributed by atoms with van der Waals surface area (Å²) in [7, 11) is 0. The number of aryl methyl sites for hydroxylation is 2. The summed E-state index contributed by atoms with van der Waals surface area (Å²) in [6, 6.07) is 6.01. The lowest BCUT2D eigenvalue weighted by atomic mass is 10.1. The van der Waals surface area contributed by atoms with Gasteiger partial charge in [0.15, 0.2) is 11.5 Å². The molecule has 3 nitrogen and oxygen atoms in total. The van der Waals surface area contributed by atoms with Crippen molar-refractivity contribution in [3.05, 3.63) is 29.7 Å². The molecule has 2 rings (SSSR count). The van der Waals surface area contributed by atoms with Crippen LogP contribution in [0, 0.1) is 12.8 Å². The molecule has 0 bridgehead atoms. The molecule has 2 N–H and O–H groups in total. The minimum Gasteiger partial charge on any atom is -0.441 e. The molecule has 0 radical (unpaired) electrons. The summed E-state index contributed by atoms with van der Waals surface area (Å²) in [6.07, 6.45) is 1.90. The lowest BCUT2D eigenvalue weighted by Crippen LogP contribution is -2.11. The molecule has 1 atom stereocenters. The number of nitrogens with two attached hydrogens (primary N) is 1. The molecule has 1 heterocycles. The summed E-state index contributed by atoms with van der Waals surface area (Å²) in [4.78, 5) is 4.51. The van der Waals surface area contributed by atoms with Crippen LogP contribution in [0.25, 0.3) is 11.1 Å². The minimum atomic E-state index is 0.524. The Bertz CT molecular complexity index is 476. The fourth-order valence-electron chi connectivity index (χ4n) is 1.73. The van der Waals surface area contributed by atoms with E-state index in [-0.39, 0.29) is 0 Å². The number of hydrogen-bond acceptors (Lipinski definition) is 3. The summed E-state index contributed by atoms with van der Waals surface area (Å²) in [5.41, 5.74) is 8.62. The van der Waals surface area contributed by atoms with Gasteiger partial charge in [0.05, 0.1) is 0 Å². The van der Waals surface area contributed by atoms with Crippen LogP contribution >= 0.6 is 0 Å². The van der Waals surface area contributed by atoms with E-state index in [0.29, 0.717) is 5.92 Å². The molecule has 3 heteroatoms. The number of nitrogens with zero attached hydrogens (tertiary/aromatic N) is 1. The van der Waals surface area contributed by atoms with Gasteiger partial charge in [0, 0.05) is 6.42 Å². The number of oxazole rings is 1. The molecular formula is C13H18N2O. The molecule has 16 heavy (non-hydrogen) atoms. The predicted octanol–water partition coefficient (Wildman–Crippen LogP) is 2.66. The molecule has 0 aliphatic heterocycles. The maximum absolute atomic E-state index is 5.69. The van der Waals surface area contributed by atoms with E-state index in [1.54, 1.807) is 0 Å². The molecule has 0 spiro atoms. The third-order valence-corrected chi connectivity index (χ3v) is 2.92. The Balaban J connectivity index is 2.17. The van der Waals surface area contributed by atoms with Gasteiger partial charge in [-0.1, -0.05) is 19.1 Å². The molecule has 1 aromatic carbocycles. The SMILES string of the molecule is Cc1cccc2oc(CCC(C)CN)nc12. The van der Waals surface area contributed by atoms with E-state index < -0.39 is 0 Å². The fraction of sp³-hybridized carbons (Fsp3) is 0.462. The Morgan fingerprint density at radius 3 is 2.94 bits per heavy atom. The molecule has 0 fully saturated rings. The van der Waals surface area contributed by atoms with Gasteiger partial charge in [0.2, 0.25) is 0 Å². The summed E-state index contributed by atoms with van der Waals surface area (Å²) in [6.45, 7) is 4.92. The standard InChI is InChI=1S/C13H18N2O/c1-9(8-14)6-7-12-15-13-10(2)4-3-5-11(13)16-12/h3-5,9H,6-8,14H2,1-2H3. The summed E-state index contributed by atoms with van der Waals surface area (Å²) < 4.78 is 5.69. The molecule has 1 aromatic heterocycles. The van der Waals surface area contributed by atoms with Gasteiger partial charge in [0.1, 0.15) is 5.52 Å². The maximum Gasteiger partial charge on any atom is 0.195 e. The highest BCUT2D eigenvalue weighted by Crippen LogP contribution is 2.20. The number of rotatable bonds is 4. The van der Waals surface area contributed by atoms with Crippen LogP contribution < -0.4 is 5.73 Å². The minimum absolute atomic E-state index is 0.524. The second-order valence-corrected chi connectivity index (χ2v) is 4.41. The van der Waals surface area contributed by atoms with Crippen LogP contribution in [0.15, 0.2) is 22.6 Å². The topological polar surface area (TPSA) is 52.0 Å². The van der Waals surface area contributed by atoms with Gasteiger partial charge < -0.3 is 10.2 Å². The van der Waals surface area contributed by atoms with Gasteiger partial charge in [-0.3, -0.25) is 0 Å². The second-order valence-electron chi connectivity index (χ2n) is 4.41. The van der Waals surface area contributed by atoms with E-state index in [9.17, 15) is 0 Å². The van der Waals surface area contributed by atoms with Crippen molar-refractivity contribution in [1.29, 1.82) is 0 Å². The first-order valence-corrected chi connectivity index (χ1v) is 5.76. The van der Waals surface area contributed by atoms with Crippen molar-refractivity contribution >= 4 is 11.1 Å². The normalized spacial score (nSPS) is 13.2. The maximum atomic E-state index is 5.69. The van der Waals surface area contributed by atoms with Crippen LogP contribution in [0.3, 0.4) is 0 Å². The van der Waals surface area contributed by atoms with Crippen molar-refractivity contribution in [3.8, 4) is 0 Å². The van der Waals surface area contributed by atoms with Gasteiger partial charge in [-0.2, -0.15) is 0 Å². The van der Waals surface area contributed by atoms with Crippen molar-refractivity contribution < 1.29 is 4.42 Å². The predicted molar refractivity (Wildman–Crippen MR) is 65.3 cm³/mol. The van der Waals surface area contributed by atoms with Crippen LogP contribution in [0.1, 0.15) is 24.8 Å². The van der Waals surface area contributed by atoms with Crippen LogP contribution in [0.2, 0.25) is 0 Å². The summed E-state index contributed by atoms with van der Waals surface area (Å²) >= 11 is 0. The molecular weight excluding hydrogens is 200 g/mol. The third kappa shape index (κ3) is 2.25. The van der Waals surface area contributed by atoms with Gasteiger partial charge >= 0.3 is 0 Å². The quantitative estimate of drug-likeness (QED) is 0.858. The number of aromatic nitrogens is 1. The highest BCUT2D eigenvalue weighted by molar-refractivity contribution is 5.76. The first-order chi connectivity index (χ1) is 7.70. The van der Waals surface area contributed by atoms with Crippen molar-refractivity contribution in [2.45, 2.75) is 26.7 Å². The van der Waals surface area contributed by atoms with Crippen molar-refractivity contribution in [3.63, 3.8) is 0 Å². The van der Waals surface area contributed by atoms with Gasteiger partial charge in [-0.25, -0.2) is 4.98 Å². The highest BCUT2D eigenvalue weighted by Gasteiger charge is 2.08. The Morgan fingerprint density at radius 1 is 1.44 bits per heavy atom. The molecule has 1 unspecified atom stereocenters. The lowest BCUT2D eigenvalue weighted by Gasteiger charge is -2.04. The zero-order valence-corrected chi connectivity index (χ0v) is 9.86. The van der Waals surface area contributed by atoms with Crippen molar-refractivity contribution in [2.75, 3.05) is 6.54 Å². The van der Waals surface area contributed by atoms with Gasteiger partial charge in [-0.15, -0.1) is 0 Å².